The van der Waals surface area contributed by atoms with Crippen LogP contribution in [0.4, 0.5) is 51.2 Å². The molecule has 0 amide bonds. The molecule has 5 aliphatic rings. The fourth-order valence-corrected chi connectivity index (χ4v) is 10.5. The van der Waals surface area contributed by atoms with Gasteiger partial charge in [0.1, 0.15) is 23.0 Å². The first-order valence-corrected chi connectivity index (χ1v) is 20.6. The third kappa shape index (κ3) is 4.47. The van der Waals surface area contributed by atoms with Crippen molar-refractivity contribution in [3.63, 3.8) is 0 Å². The minimum Gasteiger partial charge on any atom is -0.458 e. The summed E-state index contributed by atoms with van der Waals surface area (Å²) in [6.45, 7) is 6.61. The lowest BCUT2D eigenvalue weighted by Gasteiger charge is -2.46. The molecular weight excluding hydrogens is 720 g/mol. The Morgan fingerprint density at radius 2 is 0.797 bits per heavy atom. The Kier molecular flexibility index (Phi) is 6.55. The Labute approximate surface area is 344 Å². The van der Waals surface area contributed by atoms with Crippen LogP contribution in [0.2, 0.25) is 0 Å². The number of nitrogens with zero attached hydrogens (tertiary/aromatic N) is 3. The monoisotopic (exact) mass is 757 g/mol. The standard InChI is InChI=1S/C52H37B2N3O2/c1-52(2,3)32-28-43-51-47(29-32)59-46-31-42-36-30-37(46)54(51)50-41(57(43)35-20-11-6-12-21-35)25-15-27-45(50)58-44-26-14-24-40-49(44)53(36)48-38(55(40)33-16-7-4-8-17-33)22-13-23-39(48)56(42)34-18-9-5-10-19-34/h4-31H,1-3H3. The van der Waals surface area contributed by atoms with Gasteiger partial charge in [-0.15, -0.1) is 0 Å². The Morgan fingerprint density at radius 3 is 1.34 bits per heavy atom. The second kappa shape index (κ2) is 11.7. The van der Waals surface area contributed by atoms with Crippen molar-refractivity contribution in [2.24, 2.45) is 0 Å². The largest absolute Gasteiger partial charge is 0.458 e. The first-order chi connectivity index (χ1) is 28.9. The van der Waals surface area contributed by atoms with Crippen molar-refractivity contribution >= 4 is 97.4 Å². The van der Waals surface area contributed by atoms with Crippen LogP contribution in [0.25, 0.3) is 0 Å². The van der Waals surface area contributed by atoms with Crippen molar-refractivity contribution in [3.05, 3.63) is 175 Å². The quantitative estimate of drug-likeness (QED) is 0.168. The highest BCUT2D eigenvalue weighted by Crippen LogP contribution is 2.49. The summed E-state index contributed by atoms with van der Waals surface area (Å²) in [4.78, 5) is 7.29. The van der Waals surface area contributed by atoms with Gasteiger partial charge in [-0.2, -0.15) is 0 Å². The van der Waals surface area contributed by atoms with E-state index in [1.165, 1.54) is 27.6 Å². The normalized spacial score (nSPS) is 14.5. The van der Waals surface area contributed by atoms with Gasteiger partial charge in [-0.05, 0) is 129 Å². The summed E-state index contributed by atoms with van der Waals surface area (Å²) >= 11 is 0. The summed E-state index contributed by atoms with van der Waals surface area (Å²) in [5.41, 5.74) is 18.4. The summed E-state index contributed by atoms with van der Waals surface area (Å²) in [6.07, 6.45) is 0. The van der Waals surface area contributed by atoms with Gasteiger partial charge in [0.25, 0.3) is 13.4 Å². The van der Waals surface area contributed by atoms with E-state index in [9.17, 15) is 0 Å². The lowest BCUT2D eigenvalue weighted by atomic mass is 9.30. The summed E-state index contributed by atoms with van der Waals surface area (Å²) in [6, 6.07) is 61.7. The molecule has 0 aliphatic carbocycles. The molecule has 8 aromatic rings. The average Bonchev–Trinajstić information content (AvgIpc) is 3.26. The number of benzene rings is 8. The maximum Gasteiger partial charge on any atom is 0.261 e. The van der Waals surface area contributed by atoms with Crippen LogP contribution in [-0.4, -0.2) is 13.4 Å². The van der Waals surface area contributed by atoms with Crippen LogP contribution in [0, 0.1) is 0 Å². The molecule has 0 aromatic heterocycles. The van der Waals surface area contributed by atoms with Crippen molar-refractivity contribution < 1.29 is 9.47 Å². The van der Waals surface area contributed by atoms with Crippen molar-refractivity contribution in [2.45, 2.75) is 26.2 Å². The zero-order chi connectivity index (χ0) is 39.1. The van der Waals surface area contributed by atoms with E-state index in [0.29, 0.717) is 0 Å². The van der Waals surface area contributed by atoms with Gasteiger partial charge in [-0.3, -0.25) is 0 Å². The molecule has 0 atom stereocenters. The third-order valence-corrected chi connectivity index (χ3v) is 13.0. The molecule has 5 aliphatic heterocycles. The van der Waals surface area contributed by atoms with Crippen molar-refractivity contribution in [1.82, 2.24) is 0 Å². The van der Waals surface area contributed by atoms with Crippen LogP contribution in [0.15, 0.2) is 170 Å². The van der Waals surface area contributed by atoms with Crippen LogP contribution in [0.3, 0.4) is 0 Å². The Hall–Kier alpha value is -7.11. The minimum absolute atomic E-state index is 0.106. The van der Waals surface area contributed by atoms with Gasteiger partial charge in [-0.25, -0.2) is 0 Å². The topological polar surface area (TPSA) is 28.2 Å². The maximum absolute atomic E-state index is 7.50. The van der Waals surface area contributed by atoms with Crippen molar-refractivity contribution in [1.29, 1.82) is 0 Å². The number of para-hydroxylation sites is 3. The highest BCUT2D eigenvalue weighted by atomic mass is 16.5. The van der Waals surface area contributed by atoms with Crippen LogP contribution in [-0.2, 0) is 5.41 Å². The van der Waals surface area contributed by atoms with Gasteiger partial charge in [0.15, 0.2) is 0 Å². The van der Waals surface area contributed by atoms with Gasteiger partial charge in [0, 0.05) is 57.3 Å². The SMILES string of the molecule is CC(C)(C)c1cc2c3c(c1)N(c1ccccc1)c1cccc4c1B3c1cc3c(cc1O2)N(c1ccccc1)c1cccc2c1B3c1c(cccc1N2c1ccccc1)O4. The lowest BCUT2D eigenvalue weighted by molar-refractivity contribution is 0.482. The molecule has 0 radical (unpaired) electrons. The molecule has 13 rings (SSSR count). The van der Waals surface area contributed by atoms with E-state index < -0.39 is 0 Å². The predicted octanol–water partition coefficient (Wildman–Crippen LogP) is 9.58. The second-order valence-corrected chi connectivity index (χ2v) is 17.3. The zero-order valence-electron chi connectivity index (χ0n) is 33.0. The van der Waals surface area contributed by atoms with E-state index in [-0.39, 0.29) is 18.8 Å². The highest BCUT2D eigenvalue weighted by Gasteiger charge is 2.50. The van der Waals surface area contributed by atoms with Gasteiger partial charge in [0.05, 0.1) is 0 Å². The Balaban J connectivity index is 1.18. The molecule has 8 aromatic carbocycles. The fourth-order valence-electron chi connectivity index (χ4n) is 10.5. The molecule has 59 heavy (non-hydrogen) atoms. The molecular formula is C52H37B2N3O2. The van der Waals surface area contributed by atoms with Crippen LogP contribution in [0.5, 0.6) is 23.0 Å². The number of ether oxygens (including phenoxy) is 2. The Morgan fingerprint density at radius 1 is 0.356 bits per heavy atom. The number of rotatable bonds is 3. The molecule has 0 saturated carbocycles. The molecule has 0 saturated heterocycles. The van der Waals surface area contributed by atoms with E-state index in [0.717, 1.165) is 84.9 Å². The van der Waals surface area contributed by atoms with Crippen LogP contribution >= 0.6 is 0 Å². The summed E-state index contributed by atoms with van der Waals surface area (Å²) in [7, 11) is 0. The third-order valence-electron chi connectivity index (χ3n) is 13.0. The molecule has 7 heteroatoms. The molecule has 0 spiro atoms. The molecule has 278 valence electrons. The predicted molar refractivity (Wildman–Crippen MR) is 245 cm³/mol. The molecule has 5 nitrogen and oxygen atoms in total. The fraction of sp³-hybridized carbons (Fsp3) is 0.0769. The van der Waals surface area contributed by atoms with E-state index in [1.807, 2.05) is 0 Å². The molecule has 0 N–H and O–H groups in total. The molecule has 2 bridgehead atoms. The number of anilines is 9. The Bertz CT molecular complexity index is 3080. The van der Waals surface area contributed by atoms with E-state index >= 15 is 0 Å². The van der Waals surface area contributed by atoms with Gasteiger partial charge < -0.3 is 24.2 Å². The first kappa shape index (κ1) is 32.9. The van der Waals surface area contributed by atoms with E-state index in [1.54, 1.807) is 0 Å². The smallest absolute Gasteiger partial charge is 0.261 e. The van der Waals surface area contributed by atoms with Crippen molar-refractivity contribution in [2.75, 3.05) is 14.7 Å². The molecule has 5 heterocycles. The number of hydrogen-bond donors (Lipinski definition) is 0. The zero-order valence-corrected chi connectivity index (χ0v) is 33.0. The van der Waals surface area contributed by atoms with Crippen LogP contribution in [0.1, 0.15) is 26.3 Å². The van der Waals surface area contributed by atoms with Gasteiger partial charge >= 0.3 is 0 Å². The molecule has 0 fully saturated rings. The van der Waals surface area contributed by atoms with Crippen LogP contribution < -0.4 is 57.0 Å². The first-order valence-electron chi connectivity index (χ1n) is 20.6. The minimum atomic E-state index is -0.134. The summed E-state index contributed by atoms with van der Waals surface area (Å²) in [5.74, 6) is 3.49. The van der Waals surface area contributed by atoms with E-state index in [2.05, 4.69) is 205 Å². The summed E-state index contributed by atoms with van der Waals surface area (Å²) in [5, 5.41) is 0. The summed E-state index contributed by atoms with van der Waals surface area (Å²) < 4.78 is 14.8. The maximum atomic E-state index is 7.50. The van der Waals surface area contributed by atoms with Gasteiger partial charge in [-0.1, -0.05) is 99.6 Å². The highest BCUT2D eigenvalue weighted by molar-refractivity contribution is 7.03. The average molecular weight is 758 g/mol. The second-order valence-electron chi connectivity index (χ2n) is 17.3. The van der Waals surface area contributed by atoms with Gasteiger partial charge in [0.2, 0.25) is 0 Å². The molecule has 0 unspecified atom stereocenters. The number of hydrogen-bond acceptors (Lipinski definition) is 5. The van der Waals surface area contributed by atoms with Crippen molar-refractivity contribution in [3.8, 4) is 23.0 Å². The van der Waals surface area contributed by atoms with E-state index in [4.69, 9.17) is 9.47 Å². The lowest BCUT2D eigenvalue weighted by Crippen LogP contribution is -2.65.